The molecule has 2 N–H and O–H groups in total. The number of aliphatic hydroxyl groups excluding tert-OH is 1. The molecule has 0 aromatic heterocycles. The monoisotopic (exact) mass is 269 g/mol. The van der Waals surface area contributed by atoms with Gasteiger partial charge in [0.05, 0.1) is 12.1 Å². The highest BCUT2D eigenvalue weighted by Gasteiger charge is 2.56. The van der Waals surface area contributed by atoms with Crippen LogP contribution < -0.4 is 5.32 Å². The van der Waals surface area contributed by atoms with E-state index in [2.05, 4.69) is 5.32 Å². The molecule has 0 atom stereocenters. The Labute approximate surface area is 115 Å². The quantitative estimate of drug-likeness (QED) is 0.828. The lowest BCUT2D eigenvalue weighted by Crippen LogP contribution is -2.63. The van der Waals surface area contributed by atoms with Gasteiger partial charge in [-0.15, -0.1) is 0 Å². The van der Waals surface area contributed by atoms with Gasteiger partial charge in [0.25, 0.3) is 0 Å². The normalized spacial score (nSPS) is 24.6. The van der Waals surface area contributed by atoms with Crippen molar-refractivity contribution in [2.24, 2.45) is 5.41 Å². The fourth-order valence-corrected chi connectivity index (χ4v) is 3.66. The van der Waals surface area contributed by atoms with E-state index in [9.17, 15) is 9.90 Å². The Balaban J connectivity index is 2.10. The molecule has 0 radical (unpaired) electrons. The number of hydrogen-bond acceptors (Lipinski definition) is 3. The molecule has 2 aliphatic carbocycles. The summed E-state index contributed by atoms with van der Waals surface area (Å²) in [7, 11) is 0. The molecule has 0 aromatic rings. The minimum absolute atomic E-state index is 0.111. The first-order chi connectivity index (χ1) is 8.83. The summed E-state index contributed by atoms with van der Waals surface area (Å²) in [5.41, 5.74) is -0.835. The topological polar surface area (TPSA) is 58.6 Å². The summed E-state index contributed by atoms with van der Waals surface area (Å²) in [5, 5.41) is 12.9. The van der Waals surface area contributed by atoms with E-state index in [1.165, 1.54) is 0 Å². The molecule has 110 valence electrons. The summed E-state index contributed by atoms with van der Waals surface area (Å²) in [6.45, 7) is 5.79. The van der Waals surface area contributed by atoms with E-state index in [0.29, 0.717) is 0 Å². The molecule has 1 amide bonds. The van der Waals surface area contributed by atoms with Gasteiger partial charge in [-0.2, -0.15) is 0 Å². The predicted octanol–water partition coefficient (Wildman–Crippen LogP) is 2.99. The number of carbonyl (C=O) groups is 1. The van der Waals surface area contributed by atoms with E-state index < -0.39 is 5.60 Å². The second-order valence-electron chi connectivity index (χ2n) is 7.21. The highest BCUT2D eigenvalue weighted by molar-refractivity contribution is 5.69. The summed E-state index contributed by atoms with van der Waals surface area (Å²) >= 11 is 0. The molecular weight excluding hydrogens is 242 g/mol. The Kier molecular flexibility index (Phi) is 3.83. The number of carbonyl (C=O) groups excluding carboxylic acids is 1. The van der Waals surface area contributed by atoms with Crippen LogP contribution in [0.3, 0.4) is 0 Å². The van der Waals surface area contributed by atoms with Gasteiger partial charge >= 0.3 is 6.09 Å². The van der Waals surface area contributed by atoms with E-state index in [4.69, 9.17) is 4.74 Å². The average Bonchev–Trinajstić information content (AvgIpc) is 2.63. The molecule has 0 spiro atoms. The van der Waals surface area contributed by atoms with Crippen molar-refractivity contribution in [1.29, 1.82) is 0 Å². The number of hydrogen-bond donors (Lipinski definition) is 2. The van der Waals surface area contributed by atoms with Gasteiger partial charge in [0, 0.05) is 5.41 Å². The standard InChI is InChI=1S/C15H27NO3/c1-13(2,3)19-12(18)16-15(9-4-5-10-15)14(11-17)7-6-8-14/h17H,4-11H2,1-3H3,(H,16,18). The maximum absolute atomic E-state index is 12.1. The van der Waals surface area contributed by atoms with Crippen molar-refractivity contribution in [3.63, 3.8) is 0 Å². The van der Waals surface area contributed by atoms with Crippen LogP contribution in [0.5, 0.6) is 0 Å². The van der Waals surface area contributed by atoms with E-state index in [1.807, 2.05) is 20.8 Å². The van der Waals surface area contributed by atoms with Gasteiger partial charge in [-0.25, -0.2) is 4.79 Å². The predicted molar refractivity (Wildman–Crippen MR) is 73.9 cm³/mol. The van der Waals surface area contributed by atoms with Crippen LogP contribution in [0.2, 0.25) is 0 Å². The summed E-state index contributed by atoms with van der Waals surface area (Å²) < 4.78 is 5.40. The van der Waals surface area contributed by atoms with Crippen LogP contribution >= 0.6 is 0 Å². The van der Waals surface area contributed by atoms with Crippen LogP contribution in [0.15, 0.2) is 0 Å². The lowest BCUT2D eigenvalue weighted by atomic mass is 9.56. The number of ether oxygens (including phenoxy) is 1. The SMILES string of the molecule is CC(C)(C)OC(=O)NC1(C2(CO)CCC2)CCCC1. The largest absolute Gasteiger partial charge is 0.444 e. The lowest BCUT2D eigenvalue weighted by molar-refractivity contribution is -0.0506. The van der Waals surface area contributed by atoms with E-state index in [-0.39, 0.29) is 23.7 Å². The van der Waals surface area contributed by atoms with Crippen molar-refractivity contribution in [3.8, 4) is 0 Å². The zero-order valence-electron chi connectivity index (χ0n) is 12.4. The average molecular weight is 269 g/mol. The lowest BCUT2D eigenvalue weighted by Gasteiger charge is -2.54. The van der Waals surface area contributed by atoms with Gasteiger partial charge in [-0.3, -0.25) is 0 Å². The van der Waals surface area contributed by atoms with Crippen LogP contribution in [-0.2, 0) is 4.74 Å². The number of aliphatic hydroxyl groups is 1. The number of amides is 1. The van der Waals surface area contributed by atoms with Crippen LogP contribution in [0.25, 0.3) is 0 Å². The zero-order chi connectivity index (χ0) is 14.1. The highest BCUT2D eigenvalue weighted by atomic mass is 16.6. The molecular formula is C15H27NO3. The number of rotatable bonds is 3. The van der Waals surface area contributed by atoms with E-state index in [0.717, 1.165) is 44.9 Å². The number of nitrogens with one attached hydrogen (secondary N) is 1. The third-order valence-electron chi connectivity index (χ3n) is 4.83. The van der Waals surface area contributed by atoms with Crippen molar-refractivity contribution in [3.05, 3.63) is 0 Å². The molecule has 2 fully saturated rings. The Morgan fingerprint density at radius 3 is 2.11 bits per heavy atom. The maximum Gasteiger partial charge on any atom is 0.408 e. The molecule has 0 heterocycles. The second kappa shape index (κ2) is 4.97. The molecule has 4 nitrogen and oxygen atoms in total. The van der Waals surface area contributed by atoms with Gasteiger partial charge < -0.3 is 15.2 Å². The summed E-state index contributed by atoms with van der Waals surface area (Å²) in [6.07, 6.45) is 7.01. The molecule has 0 saturated heterocycles. The van der Waals surface area contributed by atoms with Crippen LogP contribution in [-0.4, -0.2) is 28.9 Å². The molecule has 0 unspecified atom stereocenters. The van der Waals surface area contributed by atoms with Crippen LogP contribution in [0, 0.1) is 5.41 Å². The zero-order valence-corrected chi connectivity index (χ0v) is 12.4. The van der Waals surface area contributed by atoms with Crippen molar-refractivity contribution in [1.82, 2.24) is 5.32 Å². The molecule has 19 heavy (non-hydrogen) atoms. The molecule has 0 aliphatic heterocycles. The van der Waals surface area contributed by atoms with Crippen molar-refractivity contribution in [2.75, 3.05) is 6.61 Å². The van der Waals surface area contributed by atoms with Gasteiger partial charge in [-0.05, 0) is 46.5 Å². The Morgan fingerprint density at radius 1 is 1.16 bits per heavy atom. The molecule has 0 aromatic carbocycles. The molecule has 4 heteroatoms. The third-order valence-corrected chi connectivity index (χ3v) is 4.83. The maximum atomic E-state index is 12.1. The first-order valence-corrected chi connectivity index (χ1v) is 7.45. The Bertz CT molecular complexity index is 330. The molecule has 0 bridgehead atoms. The van der Waals surface area contributed by atoms with Gasteiger partial charge in [0.1, 0.15) is 5.60 Å². The first-order valence-electron chi connectivity index (χ1n) is 7.45. The summed E-state index contributed by atoms with van der Waals surface area (Å²) in [4.78, 5) is 12.1. The molecule has 2 rings (SSSR count). The van der Waals surface area contributed by atoms with Gasteiger partial charge in [-0.1, -0.05) is 19.3 Å². The highest BCUT2D eigenvalue weighted by Crippen LogP contribution is 2.55. The van der Waals surface area contributed by atoms with E-state index in [1.54, 1.807) is 0 Å². The molecule has 2 saturated carbocycles. The smallest absolute Gasteiger partial charge is 0.408 e. The van der Waals surface area contributed by atoms with Crippen LogP contribution in [0.4, 0.5) is 4.79 Å². The summed E-state index contributed by atoms with van der Waals surface area (Å²) in [6, 6.07) is 0. The second-order valence-corrected chi connectivity index (χ2v) is 7.21. The molecule has 2 aliphatic rings. The summed E-state index contributed by atoms with van der Waals surface area (Å²) in [5.74, 6) is 0. The van der Waals surface area contributed by atoms with Crippen molar-refractivity contribution < 1.29 is 14.6 Å². The van der Waals surface area contributed by atoms with Crippen LogP contribution in [0.1, 0.15) is 65.7 Å². The minimum atomic E-state index is -0.476. The van der Waals surface area contributed by atoms with Gasteiger partial charge in [0.2, 0.25) is 0 Å². The fraction of sp³-hybridized carbons (Fsp3) is 0.933. The van der Waals surface area contributed by atoms with Crippen molar-refractivity contribution in [2.45, 2.75) is 76.9 Å². The minimum Gasteiger partial charge on any atom is -0.444 e. The Hall–Kier alpha value is -0.770. The fourth-order valence-electron chi connectivity index (χ4n) is 3.66. The van der Waals surface area contributed by atoms with Gasteiger partial charge in [0.15, 0.2) is 0 Å². The Morgan fingerprint density at radius 2 is 1.74 bits per heavy atom. The third kappa shape index (κ3) is 2.73. The first kappa shape index (κ1) is 14.6. The van der Waals surface area contributed by atoms with Crippen molar-refractivity contribution >= 4 is 6.09 Å². The van der Waals surface area contributed by atoms with E-state index >= 15 is 0 Å². The number of alkyl carbamates (subject to hydrolysis) is 1.